The van der Waals surface area contributed by atoms with Crippen LogP contribution in [0.4, 0.5) is 5.69 Å². The van der Waals surface area contributed by atoms with Gasteiger partial charge in [0.15, 0.2) is 5.75 Å². The number of benzene rings is 2. The van der Waals surface area contributed by atoms with Gasteiger partial charge in [-0.05, 0) is 42.5 Å². The molecule has 0 unspecified atom stereocenters. The highest BCUT2D eigenvalue weighted by atomic mass is 79.9. The first-order valence-corrected chi connectivity index (χ1v) is 8.67. The zero-order chi connectivity index (χ0) is 16.6. The lowest BCUT2D eigenvalue weighted by Crippen LogP contribution is -2.13. The van der Waals surface area contributed by atoms with Gasteiger partial charge in [-0.15, -0.1) is 0 Å². The first kappa shape index (κ1) is 15.6. The highest BCUT2D eigenvalue weighted by Gasteiger charge is 2.15. The van der Waals surface area contributed by atoms with E-state index in [1.165, 1.54) is 30.3 Å². The van der Waals surface area contributed by atoms with Gasteiger partial charge in [0.1, 0.15) is 11.8 Å². The molecule has 0 aliphatic heterocycles. The number of fused-ring (bicyclic) bond motifs is 1. The van der Waals surface area contributed by atoms with Crippen molar-refractivity contribution in [3.8, 4) is 5.75 Å². The van der Waals surface area contributed by atoms with Gasteiger partial charge in [-0.3, -0.25) is 9.52 Å². The van der Waals surface area contributed by atoms with Gasteiger partial charge in [-0.1, -0.05) is 15.9 Å². The van der Waals surface area contributed by atoms with Crippen LogP contribution in [0.5, 0.6) is 5.75 Å². The fraction of sp³-hybridized carbons (Fsp3) is 0. The summed E-state index contributed by atoms with van der Waals surface area (Å²) in [7, 11) is -3.79. The Kier molecular flexibility index (Phi) is 3.87. The summed E-state index contributed by atoms with van der Waals surface area (Å²) in [6.45, 7) is 0. The minimum absolute atomic E-state index is 0.0843. The minimum Gasteiger partial charge on any atom is -0.502 e. The number of aromatic hydroxyl groups is 1. The van der Waals surface area contributed by atoms with Crippen LogP contribution in [0.25, 0.3) is 11.0 Å². The van der Waals surface area contributed by atoms with E-state index in [4.69, 9.17) is 4.42 Å². The lowest BCUT2D eigenvalue weighted by Gasteiger charge is -2.09. The standard InChI is InChI=1S/C15H10BrNO5S/c16-9-1-4-11(5-2-9)23(20,21)17-10-3-6-14-12(7-10)15(19)13(18)8-22-14/h1-8,17-18H. The van der Waals surface area contributed by atoms with Gasteiger partial charge in [-0.25, -0.2) is 8.42 Å². The molecule has 2 aromatic carbocycles. The normalized spacial score (nSPS) is 11.5. The molecule has 3 aromatic rings. The van der Waals surface area contributed by atoms with Crippen LogP contribution in [-0.2, 0) is 10.0 Å². The first-order valence-electron chi connectivity index (χ1n) is 6.40. The van der Waals surface area contributed by atoms with Crippen LogP contribution in [0, 0.1) is 0 Å². The van der Waals surface area contributed by atoms with Crippen molar-refractivity contribution in [2.75, 3.05) is 4.72 Å². The van der Waals surface area contributed by atoms with E-state index in [0.29, 0.717) is 0 Å². The Hall–Kier alpha value is -2.32. The molecule has 6 nitrogen and oxygen atoms in total. The molecular weight excluding hydrogens is 386 g/mol. The van der Waals surface area contributed by atoms with Crippen LogP contribution in [-0.4, -0.2) is 13.5 Å². The molecule has 0 saturated heterocycles. The maximum Gasteiger partial charge on any atom is 0.261 e. The number of anilines is 1. The van der Waals surface area contributed by atoms with Gasteiger partial charge in [0, 0.05) is 10.2 Å². The highest BCUT2D eigenvalue weighted by Crippen LogP contribution is 2.22. The van der Waals surface area contributed by atoms with E-state index in [1.54, 1.807) is 12.1 Å². The molecule has 0 radical (unpaired) electrons. The second-order valence-electron chi connectivity index (χ2n) is 4.72. The van der Waals surface area contributed by atoms with E-state index in [2.05, 4.69) is 20.7 Å². The summed E-state index contributed by atoms with van der Waals surface area (Å²) in [4.78, 5) is 11.9. The summed E-state index contributed by atoms with van der Waals surface area (Å²) in [6, 6.07) is 10.4. The largest absolute Gasteiger partial charge is 0.502 e. The van der Waals surface area contributed by atoms with Crippen molar-refractivity contribution >= 4 is 42.6 Å². The predicted octanol–water partition coefficient (Wildman–Crippen LogP) is 3.06. The predicted molar refractivity (Wildman–Crippen MR) is 89.1 cm³/mol. The average Bonchev–Trinajstić information content (AvgIpc) is 2.51. The summed E-state index contributed by atoms with van der Waals surface area (Å²) >= 11 is 3.24. The average molecular weight is 396 g/mol. The smallest absolute Gasteiger partial charge is 0.261 e. The minimum atomic E-state index is -3.79. The molecule has 23 heavy (non-hydrogen) atoms. The molecule has 2 N–H and O–H groups in total. The summed E-state index contributed by atoms with van der Waals surface area (Å²) < 4.78 is 32.9. The molecule has 0 amide bonds. The maximum atomic E-state index is 12.3. The van der Waals surface area contributed by atoms with E-state index >= 15 is 0 Å². The third kappa shape index (κ3) is 3.08. The molecule has 118 valence electrons. The Morgan fingerprint density at radius 2 is 1.78 bits per heavy atom. The molecule has 3 rings (SSSR count). The van der Waals surface area contributed by atoms with E-state index in [9.17, 15) is 18.3 Å². The summed E-state index contributed by atoms with van der Waals surface area (Å²) in [6.07, 6.45) is 0.941. The van der Waals surface area contributed by atoms with Crippen LogP contribution in [0.1, 0.15) is 0 Å². The molecule has 0 aliphatic carbocycles. The van der Waals surface area contributed by atoms with Crippen LogP contribution in [0.2, 0.25) is 0 Å². The first-order chi connectivity index (χ1) is 10.9. The third-order valence-corrected chi connectivity index (χ3v) is 5.06. The number of hydrogen-bond donors (Lipinski definition) is 2. The van der Waals surface area contributed by atoms with E-state index in [1.807, 2.05) is 0 Å². The Morgan fingerprint density at radius 3 is 2.48 bits per heavy atom. The number of halogens is 1. The second kappa shape index (κ2) is 5.71. The second-order valence-corrected chi connectivity index (χ2v) is 7.32. The van der Waals surface area contributed by atoms with Crippen LogP contribution in [0.3, 0.4) is 0 Å². The number of hydrogen-bond acceptors (Lipinski definition) is 5. The molecule has 0 bridgehead atoms. The van der Waals surface area contributed by atoms with Crippen molar-refractivity contribution in [3.63, 3.8) is 0 Å². The summed E-state index contributed by atoms with van der Waals surface area (Å²) in [5, 5.41) is 9.48. The van der Waals surface area contributed by atoms with E-state index in [-0.39, 0.29) is 21.6 Å². The lowest BCUT2D eigenvalue weighted by atomic mass is 10.2. The van der Waals surface area contributed by atoms with Crippen LogP contribution >= 0.6 is 15.9 Å². The van der Waals surface area contributed by atoms with Crippen molar-refractivity contribution in [1.29, 1.82) is 0 Å². The molecule has 1 aromatic heterocycles. The van der Waals surface area contributed by atoms with Crippen molar-refractivity contribution in [3.05, 3.63) is 63.4 Å². The summed E-state index contributed by atoms with van der Waals surface area (Å²) in [5.74, 6) is -0.537. The Balaban J connectivity index is 2.02. The van der Waals surface area contributed by atoms with Crippen molar-refractivity contribution in [2.45, 2.75) is 4.90 Å². The molecule has 0 spiro atoms. The quantitative estimate of drug-likeness (QED) is 0.710. The highest BCUT2D eigenvalue weighted by molar-refractivity contribution is 9.10. The van der Waals surface area contributed by atoms with Gasteiger partial charge in [0.2, 0.25) is 5.43 Å². The van der Waals surface area contributed by atoms with E-state index in [0.717, 1.165) is 10.7 Å². The SMILES string of the molecule is O=c1c(O)coc2ccc(NS(=O)(=O)c3ccc(Br)cc3)cc12. The Bertz CT molecular complexity index is 1040. The fourth-order valence-corrected chi connectivity index (χ4v) is 3.33. The molecule has 0 aliphatic rings. The molecular formula is C15H10BrNO5S. The van der Waals surface area contributed by atoms with Gasteiger partial charge >= 0.3 is 0 Å². The van der Waals surface area contributed by atoms with Crippen molar-refractivity contribution < 1.29 is 17.9 Å². The maximum absolute atomic E-state index is 12.3. The van der Waals surface area contributed by atoms with Gasteiger partial charge in [0.25, 0.3) is 10.0 Å². The van der Waals surface area contributed by atoms with Gasteiger partial charge in [-0.2, -0.15) is 0 Å². The molecule has 1 heterocycles. The van der Waals surface area contributed by atoms with E-state index < -0.39 is 21.2 Å². The number of sulfonamides is 1. The lowest BCUT2D eigenvalue weighted by molar-refractivity contribution is 0.442. The van der Waals surface area contributed by atoms with Gasteiger partial charge < -0.3 is 9.52 Å². The number of nitrogens with one attached hydrogen (secondary N) is 1. The monoisotopic (exact) mass is 395 g/mol. The van der Waals surface area contributed by atoms with Crippen LogP contribution < -0.4 is 10.2 Å². The fourth-order valence-electron chi connectivity index (χ4n) is 2.01. The Labute approximate surface area is 139 Å². The van der Waals surface area contributed by atoms with Crippen molar-refractivity contribution in [1.82, 2.24) is 0 Å². The molecule has 0 saturated carbocycles. The molecule has 0 fully saturated rings. The van der Waals surface area contributed by atoms with Crippen LogP contribution in [0.15, 0.2) is 67.3 Å². The van der Waals surface area contributed by atoms with Crippen molar-refractivity contribution in [2.24, 2.45) is 0 Å². The third-order valence-electron chi connectivity index (χ3n) is 3.13. The molecule has 0 atom stereocenters. The Morgan fingerprint density at radius 1 is 1.09 bits per heavy atom. The topological polar surface area (TPSA) is 96.6 Å². The molecule has 8 heteroatoms. The zero-order valence-corrected chi connectivity index (χ0v) is 13.9. The number of rotatable bonds is 3. The van der Waals surface area contributed by atoms with Gasteiger partial charge in [0.05, 0.1) is 10.3 Å². The summed E-state index contributed by atoms with van der Waals surface area (Å²) in [5.41, 5.74) is -0.186. The zero-order valence-electron chi connectivity index (χ0n) is 11.5.